The number of unbranched alkanes of at least 4 members (excludes halogenated alkanes) is 32. The van der Waals surface area contributed by atoms with Crippen molar-refractivity contribution < 1.29 is 28.5 Å². The third-order valence-electron chi connectivity index (χ3n) is 13.4. The van der Waals surface area contributed by atoms with Gasteiger partial charge in [0.15, 0.2) is 0 Å². The first-order chi connectivity index (χ1) is 32.7. The average molecular weight is 915 g/mol. The molecule has 0 bridgehead atoms. The molecule has 0 heterocycles. The fourth-order valence-corrected chi connectivity index (χ4v) is 9.21. The Bertz CT molecular complexity index is 1440. The van der Waals surface area contributed by atoms with E-state index in [1.165, 1.54) is 167 Å². The maximum absolute atomic E-state index is 11.7. The Morgan fingerprint density at radius 3 is 0.773 bits per heavy atom. The van der Waals surface area contributed by atoms with E-state index in [2.05, 4.69) is 62.4 Å². The molecule has 3 aromatic carbocycles. The number of carbonyl (C=O) groups excluding carboxylic acids is 2. The minimum Gasteiger partial charge on any atom is -0.492 e. The molecule has 3 rings (SSSR count). The first-order valence-electron chi connectivity index (χ1n) is 28.2. The van der Waals surface area contributed by atoms with E-state index in [9.17, 15) is 9.59 Å². The van der Waals surface area contributed by atoms with Gasteiger partial charge in [-0.25, -0.2) is 0 Å². The highest BCUT2D eigenvalue weighted by molar-refractivity contribution is 6.11. The van der Waals surface area contributed by atoms with Crippen molar-refractivity contribution >= 4 is 33.5 Å². The quantitative estimate of drug-likeness (QED) is 0.0319. The van der Waals surface area contributed by atoms with Crippen molar-refractivity contribution in [2.75, 3.05) is 26.4 Å². The zero-order chi connectivity index (χ0) is 46.8. The van der Waals surface area contributed by atoms with Crippen molar-refractivity contribution in [1.82, 2.24) is 0 Å². The monoisotopic (exact) mass is 915 g/mol. The highest BCUT2D eigenvalue weighted by Gasteiger charge is 2.16. The van der Waals surface area contributed by atoms with E-state index in [1.807, 2.05) is 0 Å². The molecule has 0 unspecified atom stereocenters. The molecule has 0 atom stereocenters. The van der Waals surface area contributed by atoms with Crippen LogP contribution in [0.3, 0.4) is 0 Å². The minimum atomic E-state index is -0.0126. The van der Waals surface area contributed by atoms with Crippen molar-refractivity contribution in [1.29, 1.82) is 0 Å². The number of ether oxygens (including phenoxy) is 4. The van der Waals surface area contributed by atoms with Gasteiger partial charge >= 0.3 is 11.9 Å². The second-order valence-electron chi connectivity index (χ2n) is 19.4. The van der Waals surface area contributed by atoms with E-state index < -0.39 is 0 Å². The van der Waals surface area contributed by atoms with Crippen LogP contribution < -0.4 is 9.47 Å². The first kappa shape index (κ1) is 57.0. The van der Waals surface area contributed by atoms with Crippen LogP contribution in [0.15, 0.2) is 48.5 Å². The topological polar surface area (TPSA) is 71.1 Å². The average Bonchev–Trinajstić information content (AvgIpc) is 3.33. The number of rotatable bonds is 46. The number of hydrogen-bond donors (Lipinski definition) is 0. The number of fused-ring (bicyclic) bond motifs is 2. The lowest BCUT2D eigenvalue weighted by atomic mass is 10.0. The third-order valence-corrected chi connectivity index (χ3v) is 13.4. The van der Waals surface area contributed by atoms with Gasteiger partial charge < -0.3 is 18.9 Å². The summed E-state index contributed by atoms with van der Waals surface area (Å²) in [5, 5.41) is 4.63. The van der Waals surface area contributed by atoms with E-state index in [0.29, 0.717) is 26.1 Å². The van der Waals surface area contributed by atoms with Crippen molar-refractivity contribution in [2.45, 2.75) is 258 Å². The Labute approximate surface area is 404 Å². The Balaban J connectivity index is 1.16. The number of esters is 2. The summed E-state index contributed by atoms with van der Waals surface area (Å²) in [4.78, 5) is 23.4. The highest BCUT2D eigenvalue weighted by atomic mass is 16.5. The molecule has 0 spiro atoms. The molecular formula is C60H98O6. The predicted octanol–water partition coefficient (Wildman–Crippen LogP) is 18.7. The smallest absolute Gasteiger partial charge is 0.305 e. The number of benzene rings is 3. The lowest BCUT2D eigenvalue weighted by molar-refractivity contribution is -0.144. The predicted molar refractivity (Wildman–Crippen MR) is 281 cm³/mol. The van der Waals surface area contributed by atoms with Crippen LogP contribution in [0.2, 0.25) is 0 Å². The van der Waals surface area contributed by atoms with Gasteiger partial charge in [0.1, 0.15) is 11.5 Å². The number of carbonyl (C=O) groups is 2. The summed E-state index contributed by atoms with van der Waals surface area (Å²) in [5.41, 5.74) is 0. The van der Waals surface area contributed by atoms with Gasteiger partial charge in [0.25, 0.3) is 0 Å². The molecule has 0 amide bonds. The molecule has 6 heteroatoms. The summed E-state index contributed by atoms with van der Waals surface area (Å²) >= 11 is 0. The van der Waals surface area contributed by atoms with E-state index in [0.717, 1.165) is 110 Å². The van der Waals surface area contributed by atoms with Gasteiger partial charge in [0.2, 0.25) is 0 Å². The Morgan fingerprint density at radius 1 is 0.303 bits per heavy atom. The SMILES string of the molecule is CCCCOC(=O)CCCCCCCCCCCCCCCCCCOc1c2ccccc2c(OCCCCCCCCCCCCCCCCCCC(=O)OCCCC)c2ccccc12. The van der Waals surface area contributed by atoms with Crippen LogP contribution in [0.1, 0.15) is 258 Å². The minimum absolute atomic E-state index is 0.0126. The van der Waals surface area contributed by atoms with Gasteiger partial charge in [-0.05, 0) is 38.5 Å². The molecular weight excluding hydrogens is 817 g/mol. The second-order valence-corrected chi connectivity index (χ2v) is 19.4. The summed E-state index contributed by atoms with van der Waals surface area (Å²) < 4.78 is 23.7. The molecule has 6 nitrogen and oxygen atoms in total. The summed E-state index contributed by atoms with van der Waals surface area (Å²) in [6.45, 7) is 6.92. The molecule has 66 heavy (non-hydrogen) atoms. The van der Waals surface area contributed by atoms with Crippen LogP contribution in [-0.2, 0) is 19.1 Å². The summed E-state index contributed by atoms with van der Waals surface area (Å²) in [5.74, 6) is 1.99. The molecule has 0 aromatic heterocycles. The molecule has 374 valence electrons. The molecule has 0 radical (unpaired) electrons. The molecule has 0 saturated heterocycles. The fraction of sp³-hybridized carbons (Fsp3) is 0.733. The van der Waals surface area contributed by atoms with Crippen molar-refractivity contribution in [3.8, 4) is 11.5 Å². The van der Waals surface area contributed by atoms with E-state index in [-0.39, 0.29) is 11.9 Å². The van der Waals surface area contributed by atoms with Gasteiger partial charge in [0, 0.05) is 34.4 Å². The maximum Gasteiger partial charge on any atom is 0.305 e. The van der Waals surface area contributed by atoms with Crippen LogP contribution in [0.5, 0.6) is 11.5 Å². The third kappa shape index (κ3) is 27.5. The van der Waals surface area contributed by atoms with Crippen LogP contribution in [0, 0.1) is 0 Å². The lowest BCUT2D eigenvalue weighted by Gasteiger charge is -2.18. The Kier molecular flexibility index (Phi) is 35.2. The number of hydrogen-bond acceptors (Lipinski definition) is 6. The van der Waals surface area contributed by atoms with Crippen LogP contribution in [0.4, 0.5) is 0 Å². The van der Waals surface area contributed by atoms with Gasteiger partial charge in [-0.2, -0.15) is 0 Å². The van der Waals surface area contributed by atoms with Crippen LogP contribution in [-0.4, -0.2) is 38.4 Å². The van der Waals surface area contributed by atoms with Gasteiger partial charge in [-0.1, -0.05) is 255 Å². The highest BCUT2D eigenvalue weighted by Crippen LogP contribution is 2.43. The molecule has 0 aliphatic carbocycles. The normalized spacial score (nSPS) is 11.4. The van der Waals surface area contributed by atoms with Crippen LogP contribution >= 0.6 is 0 Å². The maximum atomic E-state index is 11.7. The summed E-state index contributed by atoms with van der Waals surface area (Å²) in [7, 11) is 0. The van der Waals surface area contributed by atoms with E-state index >= 15 is 0 Å². The molecule has 0 saturated carbocycles. The fourth-order valence-electron chi connectivity index (χ4n) is 9.21. The standard InChI is InChI=1S/C60H98O6/c1-3-5-49-63-57(61)47-35-31-27-23-19-15-11-7-9-13-17-21-25-29-33-41-51-65-59-53-43-37-39-45-55(53)60(56-46-40-38-44-54(56)59)66-52-42-34-30-26-22-18-14-10-8-12-16-20-24-28-32-36-48-58(62)64-50-6-4-2/h37-40,43-46H,3-36,41-42,47-52H2,1-2H3. The molecule has 0 fully saturated rings. The zero-order valence-electron chi connectivity index (χ0n) is 42.8. The zero-order valence-corrected chi connectivity index (χ0v) is 42.8. The summed E-state index contributed by atoms with van der Waals surface area (Å²) in [6, 6.07) is 17.3. The lowest BCUT2D eigenvalue weighted by Crippen LogP contribution is -2.05. The summed E-state index contributed by atoms with van der Waals surface area (Å²) in [6.07, 6.45) is 46.4. The Hall–Kier alpha value is -3.28. The Morgan fingerprint density at radius 2 is 0.530 bits per heavy atom. The van der Waals surface area contributed by atoms with Gasteiger partial charge in [-0.3, -0.25) is 9.59 Å². The molecule has 3 aromatic rings. The van der Waals surface area contributed by atoms with Gasteiger partial charge in [-0.15, -0.1) is 0 Å². The second kappa shape index (κ2) is 40.8. The first-order valence-corrected chi connectivity index (χ1v) is 28.2. The van der Waals surface area contributed by atoms with Crippen molar-refractivity contribution in [3.63, 3.8) is 0 Å². The van der Waals surface area contributed by atoms with E-state index in [4.69, 9.17) is 18.9 Å². The molecule has 0 N–H and O–H groups in total. The van der Waals surface area contributed by atoms with Crippen molar-refractivity contribution in [2.24, 2.45) is 0 Å². The van der Waals surface area contributed by atoms with Gasteiger partial charge in [0.05, 0.1) is 26.4 Å². The molecule has 0 aliphatic heterocycles. The molecule has 0 aliphatic rings. The van der Waals surface area contributed by atoms with Crippen LogP contribution in [0.25, 0.3) is 21.5 Å². The van der Waals surface area contributed by atoms with Crippen molar-refractivity contribution in [3.05, 3.63) is 48.5 Å². The van der Waals surface area contributed by atoms with E-state index in [1.54, 1.807) is 0 Å². The largest absolute Gasteiger partial charge is 0.492 e.